The smallest absolute Gasteiger partial charge is 0.174 e. The summed E-state index contributed by atoms with van der Waals surface area (Å²) < 4.78 is 5.25. The third-order valence-corrected chi connectivity index (χ3v) is 3.55. The zero-order valence-corrected chi connectivity index (χ0v) is 9.68. The van der Waals surface area contributed by atoms with Crippen molar-refractivity contribution in [2.75, 3.05) is 0 Å². The number of fused-ring (bicyclic) bond motifs is 1. The van der Waals surface area contributed by atoms with Crippen LogP contribution in [0.5, 0.6) is 0 Å². The molecule has 0 N–H and O–H groups in total. The minimum atomic E-state index is 0.630. The van der Waals surface area contributed by atoms with E-state index in [4.69, 9.17) is 5.26 Å². The number of hydrogen-bond acceptors (Lipinski definition) is 4. The molecule has 0 saturated carbocycles. The van der Waals surface area contributed by atoms with Crippen molar-refractivity contribution in [2.45, 2.75) is 6.92 Å². The van der Waals surface area contributed by atoms with Gasteiger partial charge in [-0.3, -0.25) is 0 Å². The van der Waals surface area contributed by atoms with Crippen LogP contribution in [0.1, 0.15) is 11.3 Å². The average molecular weight is 301 g/mol. The van der Waals surface area contributed by atoms with Crippen LogP contribution in [-0.2, 0) is 0 Å². The second-order valence-corrected chi connectivity index (χ2v) is 5.14. The second kappa shape index (κ2) is 3.20. The van der Waals surface area contributed by atoms with E-state index < -0.39 is 0 Å². The van der Waals surface area contributed by atoms with E-state index in [0.29, 0.717) is 5.56 Å². The molecule has 2 rings (SSSR count). The molecule has 0 aromatic carbocycles. The number of nitrogens with zero attached hydrogens (tertiary/aromatic N) is 3. The molecule has 5 heteroatoms. The Balaban J connectivity index is 2.86. The molecule has 2 aromatic rings. The first kappa shape index (κ1) is 8.84. The van der Waals surface area contributed by atoms with Gasteiger partial charge in [0.25, 0.3) is 0 Å². The minimum absolute atomic E-state index is 0.630. The molecule has 0 radical (unpaired) electrons. The zero-order chi connectivity index (χ0) is 9.42. The number of pyridine rings is 1. The van der Waals surface area contributed by atoms with E-state index in [9.17, 15) is 0 Å². The molecule has 2 heterocycles. The van der Waals surface area contributed by atoms with Crippen molar-refractivity contribution in [2.24, 2.45) is 0 Å². The minimum Gasteiger partial charge on any atom is -0.231 e. The Hall–Kier alpha value is -0.740. The van der Waals surface area contributed by atoms with Gasteiger partial charge in [-0.1, -0.05) is 0 Å². The molecular formula is C8H4IN3S. The first-order valence-corrected chi connectivity index (χ1v) is 5.40. The predicted molar refractivity (Wildman–Crippen MR) is 59.6 cm³/mol. The summed E-state index contributed by atoms with van der Waals surface area (Å²) in [6.07, 6.45) is 0. The van der Waals surface area contributed by atoms with Gasteiger partial charge >= 0.3 is 0 Å². The molecule has 0 amide bonds. The highest BCUT2D eigenvalue weighted by molar-refractivity contribution is 14.1. The van der Waals surface area contributed by atoms with Gasteiger partial charge in [0.2, 0.25) is 0 Å². The lowest BCUT2D eigenvalue weighted by Crippen LogP contribution is -1.88. The number of aromatic nitrogens is 2. The molecule has 0 unspecified atom stereocenters. The van der Waals surface area contributed by atoms with Gasteiger partial charge in [0, 0.05) is 5.39 Å². The SMILES string of the molecule is Cc1nc2nsc(I)c2cc1C#N. The standard InChI is InChI=1S/C8H4IN3S/c1-4-5(3-10)2-6-7(9)13-12-8(6)11-4/h2H,1H3. The van der Waals surface area contributed by atoms with E-state index in [0.717, 1.165) is 19.6 Å². The first-order valence-electron chi connectivity index (χ1n) is 3.55. The molecule has 0 bridgehead atoms. The monoisotopic (exact) mass is 301 g/mol. The van der Waals surface area contributed by atoms with E-state index in [1.807, 2.05) is 13.0 Å². The number of aryl methyl sites for hydroxylation is 1. The van der Waals surface area contributed by atoms with Crippen LogP contribution in [0.2, 0.25) is 0 Å². The van der Waals surface area contributed by atoms with Crippen LogP contribution >= 0.6 is 34.1 Å². The van der Waals surface area contributed by atoms with E-state index >= 15 is 0 Å². The lowest BCUT2D eigenvalue weighted by atomic mass is 10.2. The van der Waals surface area contributed by atoms with Crippen molar-refractivity contribution in [1.82, 2.24) is 9.36 Å². The molecule has 0 spiro atoms. The summed E-state index contributed by atoms with van der Waals surface area (Å²) in [4.78, 5) is 4.24. The highest BCUT2D eigenvalue weighted by atomic mass is 127. The lowest BCUT2D eigenvalue weighted by Gasteiger charge is -1.94. The number of nitriles is 1. The third-order valence-electron chi connectivity index (χ3n) is 1.74. The number of hydrogen-bond donors (Lipinski definition) is 0. The van der Waals surface area contributed by atoms with Crippen LogP contribution in [0.3, 0.4) is 0 Å². The van der Waals surface area contributed by atoms with Gasteiger partial charge in [-0.05, 0) is 47.1 Å². The largest absolute Gasteiger partial charge is 0.231 e. The summed E-state index contributed by atoms with van der Waals surface area (Å²) >= 11 is 3.61. The van der Waals surface area contributed by atoms with Crippen molar-refractivity contribution >= 4 is 45.2 Å². The van der Waals surface area contributed by atoms with Crippen molar-refractivity contribution in [3.8, 4) is 6.07 Å². The van der Waals surface area contributed by atoms with Gasteiger partial charge < -0.3 is 0 Å². The van der Waals surface area contributed by atoms with Crippen LogP contribution in [0.25, 0.3) is 11.0 Å². The summed E-state index contributed by atoms with van der Waals surface area (Å²) in [5, 5.41) is 9.78. The fraction of sp³-hybridized carbons (Fsp3) is 0.125. The molecule has 64 valence electrons. The summed E-state index contributed by atoms with van der Waals surface area (Å²) in [7, 11) is 0. The van der Waals surface area contributed by atoms with Gasteiger partial charge in [0.1, 0.15) is 6.07 Å². The van der Waals surface area contributed by atoms with Crippen molar-refractivity contribution < 1.29 is 0 Å². The maximum Gasteiger partial charge on any atom is 0.174 e. The Morgan fingerprint density at radius 3 is 3.08 bits per heavy atom. The van der Waals surface area contributed by atoms with Crippen LogP contribution in [0.15, 0.2) is 6.07 Å². The molecule has 0 atom stereocenters. The molecule has 0 saturated heterocycles. The van der Waals surface area contributed by atoms with E-state index in [2.05, 4.69) is 38.0 Å². The number of halogens is 1. The van der Waals surface area contributed by atoms with Crippen LogP contribution in [-0.4, -0.2) is 9.36 Å². The molecule has 13 heavy (non-hydrogen) atoms. The average Bonchev–Trinajstić information content (AvgIpc) is 2.46. The Morgan fingerprint density at radius 2 is 2.38 bits per heavy atom. The van der Waals surface area contributed by atoms with Gasteiger partial charge in [0.15, 0.2) is 5.65 Å². The Kier molecular flexibility index (Phi) is 2.17. The number of rotatable bonds is 0. The van der Waals surface area contributed by atoms with Crippen molar-refractivity contribution in [3.05, 3.63) is 20.2 Å². The third kappa shape index (κ3) is 1.40. The predicted octanol–water partition coefficient (Wildman–Crippen LogP) is 2.48. The van der Waals surface area contributed by atoms with E-state index in [1.54, 1.807) is 0 Å². The summed E-state index contributed by atoms with van der Waals surface area (Å²) in [5.41, 5.74) is 2.12. The molecule has 0 fully saturated rings. The molecule has 0 aliphatic rings. The topological polar surface area (TPSA) is 49.6 Å². The normalized spacial score (nSPS) is 10.2. The molecule has 0 aliphatic heterocycles. The molecule has 3 nitrogen and oxygen atoms in total. The fourth-order valence-corrected chi connectivity index (χ4v) is 2.30. The zero-order valence-electron chi connectivity index (χ0n) is 6.71. The lowest BCUT2D eigenvalue weighted by molar-refractivity contribution is 1.21. The maximum absolute atomic E-state index is 8.80. The van der Waals surface area contributed by atoms with Crippen molar-refractivity contribution in [3.63, 3.8) is 0 Å². The maximum atomic E-state index is 8.80. The fourth-order valence-electron chi connectivity index (χ4n) is 1.05. The van der Waals surface area contributed by atoms with Crippen LogP contribution in [0.4, 0.5) is 0 Å². The Bertz CT molecular complexity index is 512. The summed E-state index contributed by atoms with van der Waals surface area (Å²) in [6, 6.07) is 3.97. The van der Waals surface area contributed by atoms with Gasteiger partial charge in [0.05, 0.1) is 14.1 Å². The van der Waals surface area contributed by atoms with Gasteiger partial charge in [-0.15, -0.1) is 0 Å². The summed E-state index contributed by atoms with van der Waals surface area (Å²) in [6.45, 7) is 1.82. The van der Waals surface area contributed by atoms with E-state index in [1.165, 1.54) is 11.5 Å². The highest BCUT2D eigenvalue weighted by Crippen LogP contribution is 2.24. The van der Waals surface area contributed by atoms with Crippen molar-refractivity contribution in [1.29, 1.82) is 5.26 Å². The molecular weight excluding hydrogens is 297 g/mol. The van der Waals surface area contributed by atoms with Crippen LogP contribution < -0.4 is 0 Å². The van der Waals surface area contributed by atoms with Crippen LogP contribution in [0, 0.1) is 21.1 Å². The molecule has 2 aromatic heterocycles. The summed E-state index contributed by atoms with van der Waals surface area (Å²) in [5.74, 6) is 0. The highest BCUT2D eigenvalue weighted by Gasteiger charge is 2.07. The Morgan fingerprint density at radius 1 is 1.62 bits per heavy atom. The second-order valence-electron chi connectivity index (χ2n) is 2.56. The van der Waals surface area contributed by atoms with Gasteiger partial charge in [-0.25, -0.2) is 4.98 Å². The van der Waals surface area contributed by atoms with Gasteiger partial charge in [-0.2, -0.15) is 9.64 Å². The first-order chi connectivity index (χ1) is 6.22. The quantitative estimate of drug-likeness (QED) is 0.702. The Labute approximate surface area is 92.7 Å². The van der Waals surface area contributed by atoms with E-state index in [-0.39, 0.29) is 0 Å². The molecule has 0 aliphatic carbocycles.